The topological polar surface area (TPSA) is 143 Å². The number of nitrogens with zero attached hydrogens (tertiary/aromatic N) is 5. The Morgan fingerprint density at radius 2 is 1.55 bits per heavy atom. The summed E-state index contributed by atoms with van der Waals surface area (Å²) in [5.74, 6) is 5.91. The van der Waals surface area contributed by atoms with Crippen molar-refractivity contribution in [3.63, 3.8) is 0 Å². The zero-order valence-corrected chi connectivity index (χ0v) is 35.2. The smallest absolute Gasteiger partial charge is 0.262 e. The standard InChI is InChI=1S/C47H47ClN6O6/c1-26-37(14-9-29(22-49)39(26)48)60-45-46(2,3)44(47(45,4)5)53-23-30-20-28(8-11-33(30)41(53)57)7-6-27-16-18-51(19-17-27)32-24-52(25-32)31-10-12-34-35(21-31)43(59)54(42(34)58)36-13-15-38(55)50-40(36)56/h8-12,14,20-21,27,32,36,44-45H,13,15-19,23-25H2,1-5H3,(H,50,55,56). The fourth-order valence-electron chi connectivity index (χ4n) is 11.0. The van der Waals surface area contributed by atoms with Crippen LogP contribution in [0.1, 0.15) is 107 Å². The lowest BCUT2D eigenvalue weighted by Crippen LogP contribution is -2.74. The van der Waals surface area contributed by atoms with Crippen molar-refractivity contribution in [3.8, 4) is 23.7 Å². The molecule has 3 aromatic rings. The normalized spacial score (nSPS) is 24.9. The van der Waals surface area contributed by atoms with Gasteiger partial charge in [-0.05, 0) is 93.4 Å². The number of likely N-dealkylation sites (tertiary alicyclic amines) is 1. The Labute approximate surface area is 354 Å². The molecule has 1 unspecified atom stereocenters. The molecule has 1 atom stereocenters. The molecule has 0 aromatic heterocycles. The van der Waals surface area contributed by atoms with E-state index in [4.69, 9.17) is 16.3 Å². The zero-order chi connectivity index (χ0) is 42.4. The van der Waals surface area contributed by atoms with Crippen molar-refractivity contribution in [2.24, 2.45) is 16.7 Å². The summed E-state index contributed by atoms with van der Waals surface area (Å²) in [4.78, 5) is 72.1. The SMILES string of the molecule is Cc1c(OC2C(C)(C)C(N3Cc4cc(C#CC5CCN(C6CN(c7ccc8c(c7)C(=O)N(C7CCC(=O)NC7=O)C8=O)C6)CC5)ccc4C3=O)C2(C)C)ccc(C#N)c1Cl. The second kappa shape index (κ2) is 14.5. The summed E-state index contributed by atoms with van der Waals surface area (Å²) in [7, 11) is 0. The zero-order valence-electron chi connectivity index (χ0n) is 34.4. The fraction of sp³-hybridized carbons (Fsp3) is 0.447. The van der Waals surface area contributed by atoms with E-state index in [2.05, 4.69) is 66.8 Å². The summed E-state index contributed by atoms with van der Waals surface area (Å²) >= 11 is 6.46. The first-order valence-corrected chi connectivity index (χ1v) is 21.1. The van der Waals surface area contributed by atoms with E-state index in [1.54, 1.807) is 24.3 Å². The second-order valence-corrected chi connectivity index (χ2v) is 18.7. The third-order valence-electron chi connectivity index (χ3n) is 13.8. The van der Waals surface area contributed by atoms with E-state index in [0.29, 0.717) is 34.5 Å². The number of benzene rings is 3. The second-order valence-electron chi connectivity index (χ2n) is 18.3. The Morgan fingerprint density at radius 1 is 0.850 bits per heavy atom. The largest absolute Gasteiger partial charge is 0.489 e. The number of fused-ring (bicyclic) bond motifs is 2. The van der Waals surface area contributed by atoms with Crippen LogP contribution >= 0.6 is 11.6 Å². The number of piperidine rings is 2. The summed E-state index contributed by atoms with van der Waals surface area (Å²) in [6, 6.07) is 16.2. The third kappa shape index (κ3) is 6.35. The quantitative estimate of drug-likeness (QED) is 0.244. The van der Waals surface area contributed by atoms with E-state index >= 15 is 0 Å². The fourth-order valence-corrected chi connectivity index (χ4v) is 11.2. The Balaban J connectivity index is 0.780. The number of ether oxygens (including phenoxy) is 1. The van der Waals surface area contributed by atoms with E-state index in [-0.39, 0.29) is 53.2 Å². The average molecular weight is 827 g/mol. The van der Waals surface area contributed by atoms with Crippen LogP contribution in [0, 0.1) is 46.8 Å². The summed E-state index contributed by atoms with van der Waals surface area (Å²) < 4.78 is 6.61. The van der Waals surface area contributed by atoms with Crippen molar-refractivity contribution in [1.82, 2.24) is 20.0 Å². The van der Waals surface area contributed by atoms with Crippen LogP contribution in [0.3, 0.4) is 0 Å². The van der Waals surface area contributed by atoms with Crippen LogP contribution in [0.2, 0.25) is 5.02 Å². The first-order chi connectivity index (χ1) is 28.6. The molecule has 6 aliphatic rings. The summed E-state index contributed by atoms with van der Waals surface area (Å²) in [6.07, 6.45) is 1.97. The number of nitriles is 1. The van der Waals surface area contributed by atoms with Gasteiger partial charge < -0.3 is 14.5 Å². The molecule has 1 aliphatic carbocycles. The van der Waals surface area contributed by atoms with Crippen LogP contribution in [0.4, 0.5) is 5.69 Å². The van der Waals surface area contributed by atoms with Crippen molar-refractivity contribution in [1.29, 1.82) is 5.26 Å². The van der Waals surface area contributed by atoms with Crippen LogP contribution in [0.5, 0.6) is 5.75 Å². The number of amides is 5. The number of hydrogen-bond acceptors (Lipinski definition) is 9. The van der Waals surface area contributed by atoms with Gasteiger partial charge in [-0.1, -0.05) is 51.1 Å². The van der Waals surface area contributed by atoms with Crippen molar-refractivity contribution < 1.29 is 28.7 Å². The summed E-state index contributed by atoms with van der Waals surface area (Å²) in [5, 5.41) is 12.0. The van der Waals surface area contributed by atoms with E-state index in [1.807, 2.05) is 30.0 Å². The lowest BCUT2D eigenvalue weighted by atomic mass is 9.49. The van der Waals surface area contributed by atoms with E-state index in [1.165, 1.54) is 0 Å². The number of carbonyl (C=O) groups is 5. The first kappa shape index (κ1) is 39.8. The van der Waals surface area contributed by atoms with Gasteiger partial charge in [-0.25, -0.2) is 0 Å². The highest BCUT2D eigenvalue weighted by atomic mass is 35.5. The number of carbonyl (C=O) groups excluding carboxylic acids is 5. The highest BCUT2D eigenvalue weighted by Crippen LogP contribution is 2.59. The van der Waals surface area contributed by atoms with Gasteiger partial charge in [0.25, 0.3) is 17.7 Å². The van der Waals surface area contributed by atoms with Crippen LogP contribution in [0.25, 0.3) is 0 Å². The molecule has 1 saturated carbocycles. The molecule has 12 nitrogen and oxygen atoms in total. The molecular weight excluding hydrogens is 780 g/mol. The molecule has 3 aromatic carbocycles. The highest BCUT2D eigenvalue weighted by molar-refractivity contribution is 6.32. The molecule has 0 radical (unpaired) electrons. The van der Waals surface area contributed by atoms with Crippen LogP contribution in [-0.2, 0) is 16.1 Å². The number of rotatable bonds is 6. The highest BCUT2D eigenvalue weighted by Gasteiger charge is 2.67. The molecule has 1 N–H and O–H groups in total. The maximum absolute atomic E-state index is 13.9. The van der Waals surface area contributed by atoms with E-state index in [0.717, 1.165) is 71.9 Å². The van der Waals surface area contributed by atoms with Crippen LogP contribution in [0.15, 0.2) is 48.5 Å². The maximum Gasteiger partial charge on any atom is 0.262 e. The third-order valence-corrected chi connectivity index (χ3v) is 14.3. The molecule has 3 saturated heterocycles. The monoisotopic (exact) mass is 826 g/mol. The van der Waals surface area contributed by atoms with Crippen molar-refractivity contribution in [3.05, 3.63) is 92.5 Å². The molecule has 4 fully saturated rings. The van der Waals surface area contributed by atoms with Gasteiger partial charge in [0, 0.05) is 77.3 Å². The lowest BCUT2D eigenvalue weighted by molar-refractivity contribution is -0.199. The minimum absolute atomic E-state index is 0.0322. The van der Waals surface area contributed by atoms with Gasteiger partial charge in [0.15, 0.2) is 0 Å². The Morgan fingerprint density at radius 3 is 2.25 bits per heavy atom. The molecule has 0 spiro atoms. The molecule has 308 valence electrons. The molecule has 0 bridgehead atoms. The molecule has 5 aliphatic heterocycles. The minimum Gasteiger partial charge on any atom is -0.489 e. The number of hydrogen-bond donors (Lipinski definition) is 1. The van der Waals surface area contributed by atoms with E-state index in [9.17, 15) is 29.2 Å². The first-order valence-electron chi connectivity index (χ1n) is 20.7. The van der Waals surface area contributed by atoms with Crippen molar-refractivity contribution >= 4 is 46.8 Å². The number of imide groups is 2. The molecular formula is C47H47ClN6O6. The predicted molar refractivity (Wildman–Crippen MR) is 223 cm³/mol. The van der Waals surface area contributed by atoms with Gasteiger partial charge >= 0.3 is 0 Å². The van der Waals surface area contributed by atoms with Gasteiger partial charge in [0.05, 0.1) is 21.7 Å². The average Bonchev–Trinajstić information content (AvgIpc) is 3.64. The Bertz CT molecular complexity index is 2480. The minimum atomic E-state index is -0.980. The van der Waals surface area contributed by atoms with E-state index < -0.39 is 29.7 Å². The van der Waals surface area contributed by atoms with Gasteiger partial charge in [0.2, 0.25) is 11.8 Å². The Kier molecular flexibility index (Phi) is 9.61. The predicted octanol–water partition coefficient (Wildman–Crippen LogP) is 5.71. The van der Waals surface area contributed by atoms with Gasteiger partial charge in [-0.2, -0.15) is 5.26 Å². The molecule has 60 heavy (non-hydrogen) atoms. The number of anilines is 1. The Hall–Kier alpha value is -5.69. The molecule has 13 heteroatoms. The van der Waals surface area contributed by atoms with Crippen molar-refractivity contribution in [2.45, 2.75) is 91.1 Å². The van der Waals surface area contributed by atoms with Gasteiger partial charge in [-0.3, -0.25) is 39.1 Å². The molecule has 5 amide bonds. The summed E-state index contributed by atoms with van der Waals surface area (Å²) in [6.45, 7) is 14.5. The van der Waals surface area contributed by atoms with Crippen molar-refractivity contribution in [2.75, 3.05) is 31.1 Å². The number of nitrogens with one attached hydrogen (secondary N) is 1. The molecule has 5 heterocycles. The van der Waals surface area contributed by atoms with Crippen LogP contribution < -0.4 is 15.0 Å². The summed E-state index contributed by atoms with van der Waals surface area (Å²) in [5.41, 5.74) is 4.53. The van der Waals surface area contributed by atoms with Gasteiger partial charge in [0.1, 0.15) is 24.0 Å². The lowest BCUT2D eigenvalue weighted by Gasteiger charge is -2.65. The van der Waals surface area contributed by atoms with Gasteiger partial charge in [-0.15, -0.1) is 0 Å². The molecule has 9 rings (SSSR count). The maximum atomic E-state index is 13.9. The number of halogens is 1. The van der Waals surface area contributed by atoms with Crippen LogP contribution in [-0.4, -0.2) is 94.6 Å².